The smallest absolute Gasteiger partial charge is 0.236 e. The first-order valence-electron chi connectivity index (χ1n) is 8.05. The lowest BCUT2D eigenvalue weighted by atomic mass is 10.1. The van der Waals surface area contributed by atoms with Gasteiger partial charge in [0, 0.05) is 31.4 Å². The van der Waals surface area contributed by atoms with Crippen molar-refractivity contribution in [2.24, 2.45) is 5.92 Å². The number of aryl methyl sites for hydroxylation is 1. The fourth-order valence-electron chi connectivity index (χ4n) is 2.63. The van der Waals surface area contributed by atoms with Crippen molar-refractivity contribution in [1.82, 2.24) is 9.80 Å². The van der Waals surface area contributed by atoms with E-state index < -0.39 is 0 Å². The van der Waals surface area contributed by atoms with Gasteiger partial charge in [0.1, 0.15) is 5.37 Å². The number of amides is 2. The minimum Gasteiger partial charge on any atom is -0.344 e. The lowest BCUT2D eigenvalue weighted by Crippen LogP contribution is -2.39. The fourth-order valence-corrected chi connectivity index (χ4v) is 5.18. The molecule has 1 fully saturated rings. The van der Waals surface area contributed by atoms with E-state index >= 15 is 0 Å². The monoisotopic (exact) mass is 354 g/mol. The van der Waals surface area contributed by atoms with Crippen molar-refractivity contribution in [2.75, 3.05) is 20.1 Å². The largest absolute Gasteiger partial charge is 0.344 e. The number of thiophene rings is 1. The van der Waals surface area contributed by atoms with Gasteiger partial charge in [0.2, 0.25) is 11.8 Å². The van der Waals surface area contributed by atoms with Crippen molar-refractivity contribution >= 4 is 34.9 Å². The molecule has 0 saturated carbocycles. The fraction of sp³-hybridized carbons (Fsp3) is 0.647. The average molecular weight is 355 g/mol. The normalized spacial score (nSPS) is 21.3. The molecule has 0 aromatic carbocycles. The van der Waals surface area contributed by atoms with Crippen LogP contribution >= 0.6 is 23.1 Å². The summed E-state index contributed by atoms with van der Waals surface area (Å²) in [5.74, 6) is 0.684. The number of hydrogen-bond donors (Lipinski definition) is 0. The number of thioether (sulfide) groups is 1. The third-order valence-corrected chi connectivity index (χ3v) is 6.64. The Morgan fingerprint density at radius 1 is 1.43 bits per heavy atom. The molecule has 0 radical (unpaired) electrons. The van der Waals surface area contributed by atoms with Gasteiger partial charge in [-0.25, -0.2) is 0 Å². The first kappa shape index (κ1) is 18.3. The number of carbonyl (C=O) groups excluding carboxylic acids is 2. The lowest BCUT2D eigenvalue weighted by molar-refractivity contribution is -0.134. The summed E-state index contributed by atoms with van der Waals surface area (Å²) in [4.78, 5) is 29.5. The van der Waals surface area contributed by atoms with Gasteiger partial charge in [-0.05, 0) is 36.8 Å². The second kappa shape index (κ2) is 7.71. The zero-order chi connectivity index (χ0) is 17.1. The van der Waals surface area contributed by atoms with Crippen LogP contribution in [0.25, 0.3) is 0 Å². The van der Waals surface area contributed by atoms with Gasteiger partial charge in [0.25, 0.3) is 0 Å². The topological polar surface area (TPSA) is 40.6 Å². The van der Waals surface area contributed by atoms with E-state index in [1.54, 1.807) is 28.0 Å². The third kappa shape index (κ3) is 4.29. The molecule has 1 aliphatic heterocycles. The summed E-state index contributed by atoms with van der Waals surface area (Å²) in [6.45, 7) is 9.34. The van der Waals surface area contributed by atoms with E-state index in [1.165, 1.54) is 10.4 Å². The zero-order valence-corrected chi connectivity index (χ0v) is 16.2. The number of carbonyl (C=O) groups is 2. The summed E-state index contributed by atoms with van der Waals surface area (Å²) < 4.78 is 0. The summed E-state index contributed by atoms with van der Waals surface area (Å²) in [7, 11) is 1.83. The minimum absolute atomic E-state index is 0.0156. The van der Waals surface area contributed by atoms with E-state index in [0.29, 0.717) is 25.4 Å². The van der Waals surface area contributed by atoms with Crippen LogP contribution in [0.15, 0.2) is 11.4 Å². The molecule has 0 N–H and O–H groups in total. The van der Waals surface area contributed by atoms with Gasteiger partial charge in [0.05, 0.1) is 5.25 Å². The first-order chi connectivity index (χ1) is 10.8. The van der Waals surface area contributed by atoms with E-state index in [2.05, 4.69) is 18.4 Å². The number of rotatable bonds is 6. The van der Waals surface area contributed by atoms with E-state index in [9.17, 15) is 9.59 Å². The Kier molecular flexibility index (Phi) is 6.14. The molecule has 0 bridgehead atoms. The van der Waals surface area contributed by atoms with Crippen LogP contribution in [0.4, 0.5) is 0 Å². The van der Waals surface area contributed by atoms with Gasteiger partial charge < -0.3 is 9.80 Å². The maximum absolute atomic E-state index is 12.5. The number of hydrogen-bond acceptors (Lipinski definition) is 4. The molecule has 0 aliphatic carbocycles. The Bertz CT molecular complexity index is 571. The Morgan fingerprint density at radius 3 is 2.70 bits per heavy atom. The Morgan fingerprint density at radius 2 is 2.13 bits per heavy atom. The van der Waals surface area contributed by atoms with Crippen molar-refractivity contribution in [3.8, 4) is 0 Å². The SMILES string of the molecule is Cc1ccsc1C1SC(C)C(=O)N1CCN(C)C(=O)CC(C)C. The molecule has 2 unspecified atom stereocenters. The van der Waals surface area contributed by atoms with Gasteiger partial charge in [-0.3, -0.25) is 9.59 Å². The summed E-state index contributed by atoms with van der Waals surface area (Å²) in [5, 5.41) is 2.15. The molecule has 2 rings (SSSR count). The Hall–Kier alpha value is -1.01. The van der Waals surface area contributed by atoms with Gasteiger partial charge in [-0.2, -0.15) is 0 Å². The van der Waals surface area contributed by atoms with Crippen LogP contribution in [-0.2, 0) is 9.59 Å². The summed E-state index contributed by atoms with van der Waals surface area (Å²) in [6, 6.07) is 2.10. The summed E-state index contributed by atoms with van der Waals surface area (Å²) in [6.07, 6.45) is 0.559. The van der Waals surface area contributed by atoms with E-state index in [-0.39, 0.29) is 22.4 Å². The van der Waals surface area contributed by atoms with E-state index in [4.69, 9.17) is 0 Å². The standard InChI is InChI=1S/C17H26N2O2S2/c1-11(2)10-14(20)18(5)7-8-19-16(21)13(4)23-17(19)15-12(3)6-9-22-15/h6,9,11,13,17H,7-8,10H2,1-5H3. The second-order valence-corrected chi connectivity index (χ2v) is 8.92. The molecule has 23 heavy (non-hydrogen) atoms. The highest BCUT2D eigenvalue weighted by atomic mass is 32.2. The quantitative estimate of drug-likeness (QED) is 0.785. The van der Waals surface area contributed by atoms with Crippen LogP contribution in [0.3, 0.4) is 0 Å². The second-order valence-electron chi connectivity index (χ2n) is 6.54. The predicted molar refractivity (Wildman–Crippen MR) is 97.7 cm³/mol. The van der Waals surface area contributed by atoms with Gasteiger partial charge in [-0.15, -0.1) is 23.1 Å². The Balaban J connectivity index is 2.03. The van der Waals surface area contributed by atoms with E-state index in [1.807, 2.05) is 32.7 Å². The van der Waals surface area contributed by atoms with Crippen molar-refractivity contribution in [3.63, 3.8) is 0 Å². The van der Waals surface area contributed by atoms with Crippen molar-refractivity contribution in [2.45, 2.75) is 44.7 Å². The minimum atomic E-state index is -0.0156. The van der Waals surface area contributed by atoms with Crippen molar-refractivity contribution < 1.29 is 9.59 Å². The van der Waals surface area contributed by atoms with Crippen LogP contribution in [-0.4, -0.2) is 47.0 Å². The molecule has 2 heterocycles. The van der Waals surface area contributed by atoms with Crippen LogP contribution in [0.1, 0.15) is 43.0 Å². The maximum Gasteiger partial charge on any atom is 0.236 e. The molecule has 128 valence electrons. The molecule has 1 aromatic rings. The summed E-state index contributed by atoms with van der Waals surface area (Å²) in [5.41, 5.74) is 1.24. The Labute approximate surface area is 147 Å². The predicted octanol–water partition coefficient (Wildman–Crippen LogP) is 3.52. The maximum atomic E-state index is 12.5. The highest BCUT2D eigenvalue weighted by Gasteiger charge is 2.39. The highest BCUT2D eigenvalue weighted by molar-refractivity contribution is 8.01. The number of nitrogens with zero attached hydrogens (tertiary/aromatic N) is 2. The lowest BCUT2D eigenvalue weighted by Gasteiger charge is -2.27. The highest BCUT2D eigenvalue weighted by Crippen LogP contribution is 2.45. The zero-order valence-electron chi connectivity index (χ0n) is 14.5. The molecule has 1 saturated heterocycles. The molecular formula is C17H26N2O2S2. The van der Waals surface area contributed by atoms with Gasteiger partial charge >= 0.3 is 0 Å². The van der Waals surface area contributed by atoms with Crippen LogP contribution in [0, 0.1) is 12.8 Å². The van der Waals surface area contributed by atoms with Crippen molar-refractivity contribution in [1.29, 1.82) is 0 Å². The average Bonchev–Trinajstić information content (AvgIpc) is 3.01. The van der Waals surface area contributed by atoms with Crippen LogP contribution in [0.5, 0.6) is 0 Å². The van der Waals surface area contributed by atoms with E-state index in [0.717, 1.165) is 0 Å². The molecule has 0 spiro atoms. The first-order valence-corrected chi connectivity index (χ1v) is 9.87. The molecule has 2 atom stereocenters. The number of likely N-dealkylation sites (N-methyl/N-ethyl adjacent to an activating group) is 1. The summed E-state index contributed by atoms with van der Waals surface area (Å²) >= 11 is 3.42. The molecule has 6 heteroatoms. The molecular weight excluding hydrogens is 328 g/mol. The molecule has 1 aromatic heterocycles. The molecule has 2 amide bonds. The third-order valence-electron chi connectivity index (χ3n) is 4.06. The van der Waals surface area contributed by atoms with Gasteiger partial charge in [0.15, 0.2) is 0 Å². The van der Waals surface area contributed by atoms with Crippen molar-refractivity contribution in [3.05, 3.63) is 21.9 Å². The van der Waals surface area contributed by atoms with Gasteiger partial charge in [-0.1, -0.05) is 13.8 Å². The van der Waals surface area contributed by atoms with Crippen LogP contribution < -0.4 is 0 Å². The van der Waals surface area contributed by atoms with Crippen LogP contribution in [0.2, 0.25) is 0 Å². The molecule has 4 nitrogen and oxygen atoms in total. The molecule has 1 aliphatic rings.